The van der Waals surface area contributed by atoms with Crippen LogP contribution in [0.3, 0.4) is 0 Å². The lowest BCUT2D eigenvalue weighted by Crippen LogP contribution is -2.09. The van der Waals surface area contributed by atoms with Crippen molar-refractivity contribution in [2.24, 2.45) is 0 Å². The van der Waals surface area contributed by atoms with E-state index < -0.39 is 0 Å². The average molecular weight is 210 g/mol. The van der Waals surface area contributed by atoms with E-state index in [1.165, 1.54) is 17.0 Å². The number of nitrogens with zero attached hydrogens (tertiary/aromatic N) is 2. The molecular weight excluding hydrogens is 196 g/mol. The molecule has 0 fully saturated rings. The smallest absolute Gasteiger partial charge is 0.128 e. The van der Waals surface area contributed by atoms with Crippen molar-refractivity contribution < 1.29 is 5.11 Å². The van der Waals surface area contributed by atoms with Crippen molar-refractivity contribution >= 4 is 11.8 Å². The van der Waals surface area contributed by atoms with E-state index in [0.717, 1.165) is 30.8 Å². The molecule has 0 aromatic carbocycles. The van der Waals surface area contributed by atoms with Gasteiger partial charge in [-0.05, 0) is 18.6 Å². The summed E-state index contributed by atoms with van der Waals surface area (Å²) < 4.78 is 0. The average Bonchev–Trinajstić information content (AvgIpc) is 2.26. The fourth-order valence-electron chi connectivity index (χ4n) is 1.53. The molecule has 3 nitrogen and oxygen atoms in total. The van der Waals surface area contributed by atoms with Gasteiger partial charge < -0.3 is 5.11 Å². The van der Waals surface area contributed by atoms with Crippen molar-refractivity contribution in [2.75, 3.05) is 12.4 Å². The maximum absolute atomic E-state index is 8.71. The van der Waals surface area contributed by atoms with Gasteiger partial charge >= 0.3 is 0 Å². The Kier molecular flexibility index (Phi) is 3.37. The lowest BCUT2D eigenvalue weighted by Gasteiger charge is -2.14. The van der Waals surface area contributed by atoms with E-state index in [2.05, 4.69) is 9.97 Å². The molecular formula is C10H14N2OS. The van der Waals surface area contributed by atoms with Gasteiger partial charge in [0.1, 0.15) is 5.82 Å². The number of hydrogen-bond donors (Lipinski definition) is 1. The van der Waals surface area contributed by atoms with Crippen LogP contribution in [0.4, 0.5) is 0 Å². The summed E-state index contributed by atoms with van der Waals surface area (Å²) in [4.78, 5) is 8.81. The third kappa shape index (κ3) is 2.25. The first-order chi connectivity index (χ1) is 6.90. The third-order valence-corrected chi connectivity index (χ3v) is 3.31. The van der Waals surface area contributed by atoms with Gasteiger partial charge in [0.15, 0.2) is 0 Å². The van der Waals surface area contributed by atoms with Crippen LogP contribution >= 0.6 is 11.8 Å². The number of aliphatic hydroxyl groups is 1. The van der Waals surface area contributed by atoms with Crippen molar-refractivity contribution in [3.8, 4) is 0 Å². The van der Waals surface area contributed by atoms with Crippen molar-refractivity contribution in [1.82, 2.24) is 9.97 Å². The second-order valence-electron chi connectivity index (χ2n) is 3.39. The van der Waals surface area contributed by atoms with Crippen molar-refractivity contribution in [3.05, 3.63) is 23.3 Å². The van der Waals surface area contributed by atoms with Crippen LogP contribution in [-0.4, -0.2) is 27.4 Å². The molecule has 0 unspecified atom stereocenters. The van der Waals surface area contributed by atoms with E-state index >= 15 is 0 Å². The normalized spacial score (nSPS) is 15.2. The second kappa shape index (κ2) is 4.75. The predicted molar refractivity (Wildman–Crippen MR) is 57.3 cm³/mol. The summed E-state index contributed by atoms with van der Waals surface area (Å²) in [5, 5.41) is 8.71. The topological polar surface area (TPSA) is 46.0 Å². The minimum absolute atomic E-state index is 0.219. The number of aliphatic hydroxyl groups excluding tert-OH is 1. The Balaban J connectivity index is 2.12. The van der Waals surface area contributed by atoms with E-state index in [0.29, 0.717) is 0 Å². The van der Waals surface area contributed by atoms with Gasteiger partial charge in [-0.25, -0.2) is 9.97 Å². The number of fused-ring (bicyclic) bond motifs is 1. The molecule has 0 atom stereocenters. The number of aryl methyl sites for hydroxylation is 2. The molecule has 76 valence electrons. The first-order valence-corrected chi connectivity index (χ1v) is 6.08. The summed E-state index contributed by atoms with van der Waals surface area (Å²) >= 11 is 1.94. The van der Waals surface area contributed by atoms with Crippen LogP contribution in [0.15, 0.2) is 6.20 Å². The molecule has 0 aliphatic carbocycles. The minimum Gasteiger partial charge on any atom is -0.396 e. The maximum atomic E-state index is 8.71. The predicted octanol–water partition coefficient (Wildman–Crippen LogP) is 1.19. The largest absolute Gasteiger partial charge is 0.396 e. The molecule has 1 aliphatic heterocycles. The van der Waals surface area contributed by atoms with Gasteiger partial charge in [-0.2, -0.15) is 11.8 Å². The van der Waals surface area contributed by atoms with Crippen molar-refractivity contribution in [2.45, 2.75) is 25.0 Å². The van der Waals surface area contributed by atoms with Crippen LogP contribution in [0.25, 0.3) is 0 Å². The fraction of sp³-hybridized carbons (Fsp3) is 0.600. The summed E-state index contributed by atoms with van der Waals surface area (Å²) in [5.41, 5.74) is 2.50. The zero-order valence-corrected chi connectivity index (χ0v) is 8.89. The zero-order chi connectivity index (χ0) is 9.80. The first-order valence-electron chi connectivity index (χ1n) is 4.92. The van der Waals surface area contributed by atoms with Gasteiger partial charge in [0.25, 0.3) is 0 Å². The molecule has 0 spiro atoms. The molecule has 1 aromatic rings. The number of thioether (sulfide) groups is 1. The zero-order valence-electron chi connectivity index (χ0n) is 8.07. The molecule has 1 N–H and O–H groups in total. The van der Waals surface area contributed by atoms with Crippen LogP contribution < -0.4 is 0 Å². The summed E-state index contributed by atoms with van der Waals surface area (Å²) in [7, 11) is 0. The highest BCUT2D eigenvalue weighted by molar-refractivity contribution is 7.98. The van der Waals surface area contributed by atoms with Crippen LogP contribution in [0.2, 0.25) is 0 Å². The van der Waals surface area contributed by atoms with E-state index in [1.54, 1.807) is 0 Å². The van der Waals surface area contributed by atoms with Gasteiger partial charge in [-0.15, -0.1) is 0 Å². The van der Waals surface area contributed by atoms with Crippen LogP contribution in [0.5, 0.6) is 0 Å². The van der Waals surface area contributed by atoms with Gasteiger partial charge in [-0.3, -0.25) is 0 Å². The minimum atomic E-state index is 0.219. The summed E-state index contributed by atoms with van der Waals surface area (Å²) in [6, 6.07) is 0. The Morgan fingerprint density at radius 2 is 2.43 bits per heavy atom. The van der Waals surface area contributed by atoms with E-state index in [-0.39, 0.29) is 6.61 Å². The number of hydrogen-bond acceptors (Lipinski definition) is 4. The summed E-state index contributed by atoms with van der Waals surface area (Å²) in [5.74, 6) is 3.10. The molecule has 1 aromatic heterocycles. The highest BCUT2D eigenvalue weighted by Crippen LogP contribution is 2.22. The molecule has 2 rings (SSSR count). The summed E-state index contributed by atoms with van der Waals surface area (Å²) in [6.07, 6.45) is 4.56. The highest BCUT2D eigenvalue weighted by atomic mass is 32.2. The van der Waals surface area contributed by atoms with Crippen LogP contribution in [0, 0.1) is 0 Å². The lowest BCUT2D eigenvalue weighted by molar-refractivity contribution is 0.287. The van der Waals surface area contributed by atoms with E-state index in [9.17, 15) is 0 Å². The molecule has 1 aliphatic rings. The molecule has 4 heteroatoms. The molecule has 2 heterocycles. The monoisotopic (exact) mass is 210 g/mol. The molecule has 0 saturated carbocycles. The quantitative estimate of drug-likeness (QED) is 0.814. The van der Waals surface area contributed by atoms with E-state index in [4.69, 9.17) is 5.11 Å². The number of rotatable bonds is 3. The highest BCUT2D eigenvalue weighted by Gasteiger charge is 2.11. The van der Waals surface area contributed by atoms with Gasteiger partial charge in [0, 0.05) is 36.2 Å². The SMILES string of the molecule is OCCCc1ncc2c(n1)CCSC2. The Morgan fingerprint density at radius 1 is 1.50 bits per heavy atom. The standard InChI is InChI=1S/C10H14N2OS/c13-4-1-2-10-11-6-8-7-14-5-3-9(8)12-10/h6,13H,1-5,7H2. The third-order valence-electron chi connectivity index (χ3n) is 2.30. The Hall–Kier alpha value is -0.610. The molecule has 0 bridgehead atoms. The van der Waals surface area contributed by atoms with Crippen LogP contribution in [0.1, 0.15) is 23.5 Å². The fourth-order valence-corrected chi connectivity index (χ4v) is 2.47. The first kappa shape index (κ1) is 9.93. The molecule has 0 amide bonds. The van der Waals surface area contributed by atoms with Gasteiger partial charge in [-0.1, -0.05) is 0 Å². The Bertz CT molecular complexity index is 317. The lowest BCUT2D eigenvalue weighted by atomic mass is 10.2. The maximum Gasteiger partial charge on any atom is 0.128 e. The van der Waals surface area contributed by atoms with Crippen LogP contribution in [-0.2, 0) is 18.6 Å². The van der Waals surface area contributed by atoms with Gasteiger partial charge in [0.05, 0.1) is 0 Å². The second-order valence-corrected chi connectivity index (χ2v) is 4.49. The molecule has 0 saturated heterocycles. The summed E-state index contributed by atoms with van der Waals surface area (Å²) in [6.45, 7) is 0.219. The Labute approximate surface area is 88.0 Å². The van der Waals surface area contributed by atoms with Crippen molar-refractivity contribution in [3.63, 3.8) is 0 Å². The number of aromatic nitrogens is 2. The molecule has 14 heavy (non-hydrogen) atoms. The van der Waals surface area contributed by atoms with Crippen molar-refractivity contribution in [1.29, 1.82) is 0 Å². The van der Waals surface area contributed by atoms with Gasteiger partial charge in [0.2, 0.25) is 0 Å². The molecule has 0 radical (unpaired) electrons. The van der Waals surface area contributed by atoms with E-state index in [1.807, 2.05) is 18.0 Å². The Morgan fingerprint density at radius 3 is 3.29 bits per heavy atom.